The molecule has 0 amide bonds. The van der Waals surface area contributed by atoms with Crippen LogP contribution in [0.4, 0.5) is 0 Å². The zero-order valence-electron chi connectivity index (χ0n) is 15.7. The van der Waals surface area contributed by atoms with Gasteiger partial charge in [-0.1, -0.05) is 19.8 Å². The highest BCUT2D eigenvalue weighted by Crippen LogP contribution is 2.48. The lowest BCUT2D eigenvalue weighted by Crippen LogP contribution is -2.43. The molecule has 0 atom stereocenters. The predicted octanol–water partition coefficient (Wildman–Crippen LogP) is 3.53. The second-order valence-electron chi connectivity index (χ2n) is 7.85. The molecular weight excluding hydrogens is 286 g/mol. The number of guanidine groups is 1. The molecule has 134 valence electrons. The molecule has 4 heteroatoms. The van der Waals surface area contributed by atoms with Gasteiger partial charge in [-0.25, -0.2) is 0 Å². The van der Waals surface area contributed by atoms with Crippen LogP contribution in [0.5, 0.6) is 0 Å². The Bertz CT molecular complexity index is 371. The van der Waals surface area contributed by atoms with Crippen LogP contribution in [0.2, 0.25) is 0 Å². The van der Waals surface area contributed by atoms with E-state index in [9.17, 15) is 0 Å². The van der Waals surface area contributed by atoms with Gasteiger partial charge in [0, 0.05) is 40.4 Å². The van der Waals surface area contributed by atoms with Crippen molar-refractivity contribution in [3.63, 3.8) is 0 Å². The van der Waals surface area contributed by atoms with Gasteiger partial charge in [-0.15, -0.1) is 0 Å². The molecule has 2 rings (SSSR count). The third-order valence-corrected chi connectivity index (χ3v) is 5.80. The quantitative estimate of drug-likeness (QED) is 0.422. The van der Waals surface area contributed by atoms with Crippen LogP contribution in [-0.2, 0) is 4.74 Å². The van der Waals surface area contributed by atoms with Crippen molar-refractivity contribution in [1.29, 1.82) is 0 Å². The van der Waals surface area contributed by atoms with Gasteiger partial charge in [0.2, 0.25) is 0 Å². The van der Waals surface area contributed by atoms with Crippen molar-refractivity contribution in [1.82, 2.24) is 10.2 Å². The Morgan fingerprint density at radius 3 is 2.52 bits per heavy atom. The number of aliphatic imine (C=N–C) groups is 1. The van der Waals surface area contributed by atoms with Crippen LogP contribution in [0.15, 0.2) is 4.99 Å². The largest absolute Gasteiger partial charge is 0.382 e. The van der Waals surface area contributed by atoms with Gasteiger partial charge in [0.25, 0.3) is 0 Å². The molecule has 0 spiro atoms. The molecule has 1 N–H and O–H groups in total. The number of hydrogen-bond acceptors (Lipinski definition) is 2. The number of rotatable bonds is 8. The normalized spacial score (nSPS) is 26.9. The third kappa shape index (κ3) is 5.98. The fourth-order valence-electron chi connectivity index (χ4n) is 3.76. The Labute approximate surface area is 143 Å². The average molecular weight is 324 g/mol. The maximum Gasteiger partial charge on any atom is 0.193 e. The van der Waals surface area contributed by atoms with Crippen molar-refractivity contribution in [2.45, 2.75) is 58.8 Å². The standard InChI is InChI=1S/C19H37N3O/c1-5-23-13-12-19(10-11-19)15-21-18(20-3)22(4)14-17-8-6-16(2)7-9-17/h16-17H,5-15H2,1-4H3,(H,20,21). The van der Waals surface area contributed by atoms with Crippen molar-refractivity contribution < 1.29 is 4.74 Å². The third-order valence-electron chi connectivity index (χ3n) is 5.80. The molecule has 0 aromatic rings. The number of ether oxygens (including phenoxy) is 1. The molecule has 2 fully saturated rings. The first-order valence-electron chi connectivity index (χ1n) is 9.58. The lowest BCUT2D eigenvalue weighted by atomic mass is 9.83. The summed E-state index contributed by atoms with van der Waals surface area (Å²) in [7, 11) is 4.09. The van der Waals surface area contributed by atoms with Crippen molar-refractivity contribution in [2.24, 2.45) is 22.2 Å². The highest BCUT2D eigenvalue weighted by Gasteiger charge is 2.42. The Morgan fingerprint density at radius 2 is 1.96 bits per heavy atom. The van der Waals surface area contributed by atoms with Gasteiger partial charge in [-0.3, -0.25) is 4.99 Å². The summed E-state index contributed by atoms with van der Waals surface area (Å²) in [6.45, 7) is 8.36. The molecule has 0 saturated heterocycles. The van der Waals surface area contributed by atoms with E-state index in [2.05, 4.69) is 36.1 Å². The van der Waals surface area contributed by atoms with Crippen LogP contribution < -0.4 is 5.32 Å². The van der Waals surface area contributed by atoms with Crippen LogP contribution >= 0.6 is 0 Å². The zero-order valence-corrected chi connectivity index (χ0v) is 15.7. The molecule has 0 heterocycles. The minimum Gasteiger partial charge on any atom is -0.382 e. The number of nitrogens with zero attached hydrogens (tertiary/aromatic N) is 2. The maximum atomic E-state index is 5.53. The highest BCUT2D eigenvalue weighted by molar-refractivity contribution is 5.79. The molecule has 4 nitrogen and oxygen atoms in total. The van der Waals surface area contributed by atoms with Crippen LogP contribution in [0.25, 0.3) is 0 Å². The van der Waals surface area contributed by atoms with E-state index in [0.717, 1.165) is 44.1 Å². The summed E-state index contributed by atoms with van der Waals surface area (Å²) in [6, 6.07) is 0. The van der Waals surface area contributed by atoms with Crippen molar-refractivity contribution in [3.05, 3.63) is 0 Å². The Hall–Kier alpha value is -0.770. The van der Waals surface area contributed by atoms with E-state index in [1.807, 2.05) is 7.05 Å². The summed E-state index contributed by atoms with van der Waals surface area (Å²) in [5.74, 6) is 2.82. The Balaban J connectivity index is 1.72. The SMILES string of the molecule is CCOCCC1(CNC(=NC)N(C)CC2CCC(C)CC2)CC1. The number of nitrogens with one attached hydrogen (secondary N) is 1. The molecule has 0 bridgehead atoms. The minimum atomic E-state index is 0.465. The van der Waals surface area contributed by atoms with Gasteiger partial charge in [-0.2, -0.15) is 0 Å². The fraction of sp³-hybridized carbons (Fsp3) is 0.947. The first-order chi connectivity index (χ1) is 11.1. The Kier molecular flexibility index (Phi) is 7.19. The van der Waals surface area contributed by atoms with Crippen LogP contribution in [0.1, 0.15) is 58.8 Å². The lowest BCUT2D eigenvalue weighted by Gasteiger charge is -2.32. The molecule has 0 aromatic heterocycles. The molecule has 0 unspecified atom stereocenters. The summed E-state index contributed by atoms with van der Waals surface area (Å²) in [5, 5.41) is 3.62. The van der Waals surface area contributed by atoms with E-state index in [4.69, 9.17) is 4.74 Å². The second-order valence-corrected chi connectivity index (χ2v) is 7.85. The van der Waals surface area contributed by atoms with Crippen LogP contribution in [0.3, 0.4) is 0 Å². The van der Waals surface area contributed by atoms with E-state index < -0.39 is 0 Å². The lowest BCUT2D eigenvalue weighted by molar-refractivity contribution is 0.128. The molecule has 0 aromatic carbocycles. The van der Waals surface area contributed by atoms with E-state index in [1.54, 1.807) is 0 Å². The van der Waals surface area contributed by atoms with Crippen LogP contribution in [-0.4, -0.2) is 51.3 Å². The van der Waals surface area contributed by atoms with Crippen molar-refractivity contribution in [3.8, 4) is 0 Å². The van der Waals surface area contributed by atoms with E-state index in [-0.39, 0.29) is 0 Å². The second kappa shape index (κ2) is 8.91. The molecule has 2 aliphatic carbocycles. The first-order valence-corrected chi connectivity index (χ1v) is 9.58. The van der Waals surface area contributed by atoms with Gasteiger partial charge in [-0.05, 0) is 56.3 Å². The number of hydrogen-bond donors (Lipinski definition) is 1. The zero-order chi connectivity index (χ0) is 16.7. The Morgan fingerprint density at radius 1 is 1.26 bits per heavy atom. The van der Waals surface area contributed by atoms with E-state index in [0.29, 0.717) is 5.41 Å². The highest BCUT2D eigenvalue weighted by atomic mass is 16.5. The molecule has 23 heavy (non-hydrogen) atoms. The van der Waals surface area contributed by atoms with E-state index >= 15 is 0 Å². The monoisotopic (exact) mass is 323 g/mol. The summed E-state index contributed by atoms with van der Waals surface area (Å²) in [6.07, 6.45) is 9.37. The van der Waals surface area contributed by atoms with Gasteiger partial charge in [0.1, 0.15) is 0 Å². The summed E-state index contributed by atoms with van der Waals surface area (Å²) in [5.41, 5.74) is 0.465. The molecule has 0 aliphatic heterocycles. The summed E-state index contributed by atoms with van der Waals surface area (Å²) in [4.78, 5) is 6.83. The molecule has 0 radical (unpaired) electrons. The van der Waals surface area contributed by atoms with Crippen molar-refractivity contribution >= 4 is 5.96 Å². The molecule has 2 aliphatic rings. The summed E-state index contributed by atoms with van der Waals surface area (Å²) >= 11 is 0. The van der Waals surface area contributed by atoms with Gasteiger partial charge < -0.3 is 15.0 Å². The predicted molar refractivity (Wildman–Crippen MR) is 97.9 cm³/mol. The topological polar surface area (TPSA) is 36.9 Å². The van der Waals surface area contributed by atoms with Gasteiger partial charge >= 0.3 is 0 Å². The van der Waals surface area contributed by atoms with Gasteiger partial charge in [0.15, 0.2) is 5.96 Å². The fourth-order valence-corrected chi connectivity index (χ4v) is 3.76. The average Bonchev–Trinajstić information content (AvgIpc) is 3.31. The van der Waals surface area contributed by atoms with Crippen molar-refractivity contribution in [2.75, 3.05) is 40.4 Å². The first kappa shape index (κ1) is 18.6. The maximum absolute atomic E-state index is 5.53. The van der Waals surface area contributed by atoms with E-state index in [1.165, 1.54) is 44.9 Å². The minimum absolute atomic E-state index is 0.465. The molecular formula is C19H37N3O. The molecule has 2 saturated carbocycles. The smallest absolute Gasteiger partial charge is 0.193 e. The van der Waals surface area contributed by atoms with Gasteiger partial charge in [0.05, 0.1) is 0 Å². The summed E-state index contributed by atoms with van der Waals surface area (Å²) < 4.78 is 5.53. The van der Waals surface area contributed by atoms with Crippen LogP contribution in [0, 0.1) is 17.3 Å².